The number of esters is 2. The van der Waals surface area contributed by atoms with E-state index in [4.69, 9.17) is 18.9 Å². The quantitative estimate of drug-likeness (QED) is 0.0195. The normalized spacial score (nSPS) is 13.7. The molecule has 0 radical (unpaired) electrons. The Balaban J connectivity index is 4.15. The Morgan fingerprint density at radius 3 is 0.842 bits per heavy atom. The van der Waals surface area contributed by atoms with Crippen LogP contribution in [0.5, 0.6) is 0 Å². The molecule has 536 valence electrons. The number of rotatable bonds is 68. The van der Waals surface area contributed by atoms with Crippen LogP contribution in [0, 0.1) is 0 Å². The lowest BCUT2D eigenvalue weighted by atomic mass is 10.0. The molecule has 0 aliphatic carbocycles. The Kier molecular flexibility index (Phi) is 69.8. The number of hydrogen-bond donors (Lipinski definition) is 0. The number of allylic oxidation sites excluding steroid dienone is 30. The van der Waals surface area contributed by atoms with Crippen LogP contribution in [0.15, 0.2) is 182 Å². The minimum absolute atomic E-state index is 0.137. The van der Waals surface area contributed by atoms with E-state index in [1.807, 2.05) is 21.1 Å². The largest absolute Gasteiger partial charge is 0.545 e. The molecular formula is C86H139NO8. The highest BCUT2D eigenvalue weighted by Gasteiger charge is 2.22. The number of nitrogens with zero attached hydrogens (tertiary/aromatic N) is 1. The molecular weight excluding hydrogens is 1170 g/mol. The van der Waals surface area contributed by atoms with E-state index in [0.29, 0.717) is 17.4 Å². The van der Waals surface area contributed by atoms with Crippen LogP contribution >= 0.6 is 0 Å². The van der Waals surface area contributed by atoms with Gasteiger partial charge in [0.25, 0.3) is 0 Å². The van der Waals surface area contributed by atoms with Gasteiger partial charge in [0.1, 0.15) is 13.2 Å². The van der Waals surface area contributed by atoms with Crippen LogP contribution in [0.1, 0.15) is 284 Å². The van der Waals surface area contributed by atoms with Crippen LogP contribution in [0.3, 0.4) is 0 Å². The second kappa shape index (κ2) is 74.2. The third-order valence-electron chi connectivity index (χ3n) is 15.6. The molecule has 9 nitrogen and oxygen atoms in total. The van der Waals surface area contributed by atoms with Gasteiger partial charge in [-0.05, 0) is 135 Å². The molecule has 0 saturated carbocycles. The summed E-state index contributed by atoms with van der Waals surface area (Å²) in [5.74, 6) is -2.31. The summed E-state index contributed by atoms with van der Waals surface area (Å²) in [5.41, 5.74) is 0. The number of carbonyl (C=O) groups excluding carboxylic acids is 3. The fourth-order valence-corrected chi connectivity index (χ4v) is 9.95. The predicted octanol–water partition coefficient (Wildman–Crippen LogP) is 23.0. The predicted molar refractivity (Wildman–Crippen MR) is 407 cm³/mol. The van der Waals surface area contributed by atoms with E-state index in [0.717, 1.165) is 141 Å². The van der Waals surface area contributed by atoms with Crippen LogP contribution < -0.4 is 5.11 Å². The lowest BCUT2D eigenvalue weighted by Gasteiger charge is -2.26. The lowest BCUT2D eigenvalue weighted by Crippen LogP contribution is -2.44. The molecule has 95 heavy (non-hydrogen) atoms. The number of carboxylic acid groups (broad SMARTS) is 1. The maximum absolute atomic E-state index is 13.0. The molecule has 2 atom stereocenters. The van der Waals surface area contributed by atoms with E-state index in [-0.39, 0.29) is 38.6 Å². The average molecular weight is 1320 g/mol. The van der Waals surface area contributed by atoms with Crippen molar-refractivity contribution in [2.45, 2.75) is 296 Å². The molecule has 0 rings (SSSR count). The monoisotopic (exact) mass is 1310 g/mol. The van der Waals surface area contributed by atoms with Gasteiger partial charge in [-0.25, -0.2) is 0 Å². The second-order valence-electron chi connectivity index (χ2n) is 25.8. The summed E-state index contributed by atoms with van der Waals surface area (Å²) in [5, 5.41) is 11.9. The summed E-state index contributed by atoms with van der Waals surface area (Å²) in [6, 6.07) is 0. The van der Waals surface area contributed by atoms with Crippen molar-refractivity contribution in [2.75, 3.05) is 47.5 Å². The smallest absolute Gasteiger partial charge is 0.306 e. The zero-order valence-electron chi connectivity index (χ0n) is 61.2. The number of carboxylic acids is 1. The van der Waals surface area contributed by atoms with Gasteiger partial charge in [0.05, 0.1) is 40.3 Å². The minimum Gasteiger partial charge on any atom is -0.545 e. The number of hydrogen-bond acceptors (Lipinski definition) is 8. The van der Waals surface area contributed by atoms with Gasteiger partial charge in [-0.15, -0.1) is 0 Å². The van der Waals surface area contributed by atoms with Crippen molar-refractivity contribution in [2.24, 2.45) is 0 Å². The average Bonchev–Trinajstić information content (AvgIpc) is 3.58. The van der Waals surface area contributed by atoms with Gasteiger partial charge in [0.15, 0.2) is 12.4 Å². The van der Waals surface area contributed by atoms with Gasteiger partial charge in [-0.2, -0.15) is 0 Å². The van der Waals surface area contributed by atoms with Gasteiger partial charge >= 0.3 is 11.9 Å². The summed E-state index contributed by atoms with van der Waals surface area (Å²) < 4.78 is 22.8. The van der Waals surface area contributed by atoms with E-state index in [1.54, 1.807) is 0 Å². The molecule has 0 aromatic rings. The van der Waals surface area contributed by atoms with Crippen LogP contribution in [0.4, 0.5) is 0 Å². The first-order valence-electron chi connectivity index (χ1n) is 37.9. The summed E-state index contributed by atoms with van der Waals surface area (Å²) in [6.07, 6.45) is 110. The highest BCUT2D eigenvalue weighted by atomic mass is 16.7. The number of carbonyl (C=O) groups is 3. The summed E-state index contributed by atoms with van der Waals surface area (Å²) in [7, 11) is 5.92. The van der Waals surface area contributed by atoms with Gasteiger partial charge in [0.2, 0.25) is 0 Å². The first-order chi connectivity index (χ1) is 46.6. The van der Waals surface area contributed by atoms with E-state index in [2.05, 4.69) is 196 Å². The van der Waals surface area contributed by atoms with Gasteiger partial charge in [-0.1, -0.05) is 318 Å². The zero-order valence-corrected chi connectivity index (χ0v) is 61.2. The van der Waals surface area contributed by atoms with Crippen molar-refractivity contribution >= 4 is 17.9 Å². The Bertz CT molecular complexity index is 2220. The first-order valence-corrected chi connectivity index (χ1v) is 37.9. The molecule has 0 bridgehead atoms. The van der Waals surface area contributed by atoms with Crippen LogP contribution in [0.25, 0.3) is 0 Å². The van der Waals surface area contributed by atoms with Crippen LogP contribution in [0.2, 0.25) is 0 Å². The molecule has 0 amide bonds. The molecule has 0 fully saturated rings. The van der Waals surface area contributed by atoms with Crippen LogP contribution in [-0.2, 0) is 33.3 Å². The SMILES string of the molecule is CC/C=C\C/C=C\C/C=C\C/C=C\C/C=C\C/C=C\C/C=C\C/C=C\C/C=C\CCCCCCCCCC(=O)OC(COC(=O)CCCCCCCCCCCCCCCCCC/C=C\C/C=C\C/C=C\C/C=C\C/C=C\C/C=C\CC)COC(OCC[N+](C)(C)C)C(=O)[O-]. The van der Waals surface area contributed by atoms with Crippen molar-refractivity contribution in [3.8, 4) is 0 Å². The van der Waals surface area contributed by atoms with Gasteiger partial charge < -0.3 is 33.3 Å². The molecule has 2 unspecified atom stereocenters. The van der Waals surface area contributed by atoms with Crippen LogP contribution in [-0.4, -0.2) is 82.3 Å². The Morgan fingerprint density at radius 1 is 0.316 bits per heavy atom. The van der Waals surface area contributed by atoms with Crippen molar-refractivity contribution in [1.82, 2.24) is 0 Å². The minimum atomic E-state index is -1.64. The van der Waals surface area contributed by atoms with E-state index >= 15 is 0 Å². The standard InChI is InChI=1S/C86H139NO8/c1-6-8-10-12-14-16-18-20-22-24-26-28-30-32-34-36-38-40-42-44-46-48-50-52-54-56-58-60-62-64-66-68-70-72-74-76-83(88)93-80-82(81-94-86(85(90)91)92-79-78-87(3,4)5)95-84(89)77-75-73-71-69-67-65-63-61-59-57-55-53-51-49-47-45-43-41-39-37-35-33-31-29-27-25-23-21-19-17-15-13-11-9-7-2/h8-11,14-17,20-23,26-29,32-35,38-41,45,47,51,53,57,59,82,86H,6-7,12-13,18-19,24-25,30-31,36-37,42-44,46,48-50,52,54-56,58,60-81H2,1-5H3/b10-8-,11-9-,16-14-,17-15-,22-20-,23-21-,28-26-,29-27-,34-32-,35-33-,40-38-,41-39-,47-45-,53-51-,59-57-. The number of quaternary nitrogens is 1. The van der Waals surface area contributed by atoms with E-state index in [9.17, 15) is 19.5 Å². The number of ether oxygens (including phenoxy) is 4. The Labute approximate surface area is 583 Å². The summed E-state index contributed by atoms with van der Waals surface area (Å²) >= 11 is 0. The fourth-order valence-electron chi connectivity index (χ4n) is 9.95. The molecule has 9 heteroatoms. The van der Waals surface area contributed by atoms with Gasteiger partial charge in [0, 0.05) is 12.8 Å². The molecule has 0 N–H and O–H groups in total. The maximum Gasteiger partial charge on any atom is 0.306 e. The topological polar surface area (TPSA) is 111 Å². The highest BCUT2D eigenvalue weighted by Crippen LogP contribution is 2.17. The summed E-state index contributed by atoms with van der Waals surface area (Å²) in [4.78, 5) is 37.6. The molecule has 0 aromatic heterocycles. The van der Waals surface area contributed by atoms with Crippen molar-refractivity contribution in [3.05, 3.63) is 182 Å². The van der Waals surface area contributed by atoms with E-state index < -0.39 is 24.3 Å². The third kappa shape index (κ3) is 75.6. The number of unbranched alkanes of at least 4 members (excludes halogenated alkanes) is 23. The van der Waals surface area contributed by atoms with Crippen molar-refractivity contribution in [1.29, 1.82) is 0 Å². The Hall–Kier alpha value is -5.61. The van der Waals surface area contributed by atoms with Gasteiger partial charge in [-0.3, -0.25) is 9.59 Å². The van der Waals surface area contributed by atoms with Crippen molar-refractivity contribution < 1.29 is 42.9 Å². The van der Waals surface area contributed by atoms with Crippen molar-refractivity contribution in [3.63, 3.8) is 0 Å². The molecule has 0 saturated heterocycles. The highest BCUT2D eigenvalue weighted by molar-refractivity contribution is 5.70. The molecule has 0 aromatic carbocycles. The lowest BCUT2D eigenvalue weighted by molar-refractivity contribution is -0.870. The number of aliphatic carboxylic acids is 1. The fraction of sp³-hybridized carbons (Fsp3) is 0.616. The van der Waals surface area contributed by atoms with E-state index in [1.165, 1.54) is 109 Å². The molecule has 0 aliphatic rings. The zero-order chi connectivity index (χ0) is 69.0. The number of likely N-dealkylation sites (N-methyl/N-ethyl adjacent to an activating group) is 1. The third-order valence-corrected chi connectivity index (χ3v) is 15.6. The molecule has 0 spiro atoms. The Morgan fingerprint density at radius 2 is 0.568 bits per heavy atom. The first kappa shape index (κ1) is 89.4. The second-order valence-corrected chi connectivity index (χ2v) is 25.8. The molecule has 0 heterocycles. The maximum atomic E-state index is 13.0. The summed E-state index contributed by atoms with van der Waals surface area (Å²) in [6.45, 7) is 4.50. The molecule has 0 aliphatic heterocycles.